The van der Waals surface area contributed by atoms with E-state index in [1.54, 1.807) is 4.90 Å². The van der Waals surface area contributed by atoms with Crippen molar-refractivity contribution >= 4 is 21.6 Å². The van der Waals surface area contributed by atoms with Gasteiger partial charge in [-0.25, -0.2) is 13.1 Å². The molecule has 8 nitrogen and oxygen atoms in total. The molecular formula is C15H21N3O5S. The largest absolute Gasteiger partial charge is 0.343 e. The van der Waals surface area contributed by atoms with E-state index in [0.717, 1.165) is 50.9 Å². The summed E-state index contributed by atoms with van der Waals surface area (Å²) in [7, 11) is -3.78. The molecule has 0 aromatic heterocycles. The van der Waals surface area contributed by atoms with Gasteiger partial charge in [0.15, 0.2) is 0 Å². The van der Waals surface area contributed by atoms with Crippen LogP contribution < -0.4 is 4.72 Å². The van der Waals surface area contributed by atoms with Crippen molar-refractivity contribution in [2.24, 2.45) is 0 Å². The summed E-state index contributed by atoms with van der Waals surface area (Å²) < 4.78 is 26.6. The summed E-state index contributed by atoms with van der Waals surface area (Å²) >= 11 is 0. The first-order valence-corrected chi connectivity index (χ1v) is 9.40. The van der Waals surface area contributed by atoms with E-state index in [-0.39, 0.29) is 29.5 Å². The van der Waals surface area contributed by atoms with Gasteiger partial charge < -0.3 is 4.90 Å². The smallest absolute Gasteiger partial charge is 0.269 e. The quantitative estimate of drug-likeness (QED) is 0.616. The number of nitrogens with zero attached hydrogens (tertiary/aromatic N) is 2. The van der Waals surface area contributed by atoms with E-state index in [4.69, 9.17) is 0 Å². The van der Waals surface area contributed by atoms with E-state index in [1.165, 1.54) is 12.1 Å². The van der Waals surface area contributed by atoms with E-state index >= 15 is 0 Å². The Labute approximate surface area is 141 Å². The third kappa shape index (κ3) is 5.00. The molecule has 0 bridgehead atoms. The molecular weight excluding hydrogens is 334 g/mol. The summed E-state index contributed by atoms with van der Waals surface area (Å²) in [5.41, 5.74) is -0.176. The zero-order valence-electron chi connectivity index (χ0n) is 13.3. The molecule has 1 aliphatic heterocycles. The highest BCUT2D eigenvalue weighted by Gasteiger charge is 2.18. The molecule has 1 N–H and O–H groups in total. The highest BCUT2D eigenvalue weighted by molar-refractivity contribution is 7.89. The van der Waals surface area contributed by atoms with E-state index < -0.39 is 14.9 Å². The molecule has 24 heavy (non-hydrogen) atoms. The Morgan fingerprint density at radius 3 is 2.25 bits per heavy atom. The fourth-order valence-electron chi connectivity index (χ4n) is 2.60. The first-order chi connectivity index (χ1) is 11.4. The second-order valence-corrected chi connectivity index (χ2v) is 7.46. The number of sulfonamides is 1. The van der Waals surface area contributed by atoms with Gasteiger partial charge in [0.2, 0.25) is 15.9 Å². The molecule has 132 valence electrons. The van der Waals surface area contributed by atoms with Crippen LogP contribution in [0.1, 0.15) is 32.1 Å². The maximum Gasteiger partial charge on any atom is 0.269 e. The molecule has 1 aliphatic rings. The average molecular weight is 355 g/mol. The van der Waals surface area contributed by atoms with Gasteiger partial charge in [0.25, 0.3) is 5.69 Å². The molecule has 0 saturated carbocycles. The van der Waals surface area contributed by atoms with Gasteiger partial charge in [0.1, 0.15) is 0 Å². The zero-order chi connectivity index (χ0) is 17.6. The van der Waals surface area contributed by atoms with Crippen molar-refractivity contribution in [2.75, 3.05) is 19.6 Å². The number of nitro benzene ring substituents is 1. The highest BCUT2D eigenvalue weighted by atomic mass is 32.2. The van der Waals surface area contributed by atoms with Crippen LogP contribution in [-0.4, -0.2) is 43.8 Å². The van der Waals surface area contributed by atoms with Crippen LogP contribution in [-0.2, 0) is 14.8 Å². The molecule has 0 unspecified atom stereocenters. The summed E-state index contributed by atoms with van der Waals surface area (Å²) in [4.78, 5) is 23.8. The summed E-state index contributed by atoms with van der Waals surface area (Å²) in [5, 5.41) is 10.6. The molecule has 1 aromatic rings. The average Bonchev–Trinajstić information content (AvgIpc) is 2.84. The van der Waals surface area contributed by atoms with Gasteiger partial charge in [-0.2, -0.15) is 0 Å². The van der Waals surface area contributed by atoms with Crippen LogP contribution >= 0.6 is 0 Å². The summed E-state index contributed by atoms with van der Waals surface area (Å²) in [6.45, 7) is 1.47. The number of nitro groups is 1. The highest BCUT2D eigenvalue weighted by Crippen LogP contribution is 2.16. The topological polar surface area (TPSA) is 110 Å². The van der Waals surface area contributed by atoms with Gasteiger partial charge in [-0.3, -0.25) is 14.9 Å². The molecule has 1 fully saturated rings. The molecule has 0 radical (unpaired) electrons. The maximum absolute atomic E-state index is 12.1. The third-order valence-corrected chi connectivity index (χ3v) is 5.42. The minimum Gasteiger partial charge on any atom is -0.343 e. The number of rotatable bonds is 6. The second-order valence-electron chi connectivity index (χ2n) is 5.69. The fourth-order valence-corrected chi connectivity index (χ4v) is 3.63. The number of carbonyl (C=O) groups excluding carboxylic acids is 1. The first-order valence-electron chi connectivity index (χ1n) is 7.92. The van der Waals surface area contributed by atoms with Gasteiger partial charge in [0.05, 0.1) is 9.82 Å². The number of hydrogen-bond acceptors (Lipinski definition) is 5. The number of hydrogen-bond donors (Lipinski definition) is 1. The Bertz CT molecular complexity index is 680. The van der Waals surface area contributed by atoms with Crippen LogP contribution in [0.3, 0.4) is 0 Å². The van der Waals surface area contributed by atoms with Crippen LogP contribution in [0.4, 0.5) is 5.69 Å². The van der Waals surface area contributed by atoms with E-state index in [2.05, 4.69) is 4.72 Å². The van der Waals surface area contributed by atoms with Crippen molar-refractivity contribution in [2.45, 2.75) is 37.0 Å². The lowest BCUT2D eigenvalue weighted by Gasteiger charge is -2.20. The van der Waals surface area contributed by atoms with Gasteiger partial charge in [-0.1, -0.05) is 12.8 Å². The Hall–Kier alpha value is -2.00. The molecule has 1 saturated heterocycles. The van der Waals surface area contributed by atoms with Crippen LogP contribution in [0.15, 0.2) is 29.2 Å². The molecule has 0 aliphatic carbocycles. The minimum atomic E-state index is -3.78. The maximum atomic E-state index is 12.1. The minimum absolute atomic E-state index is 0.00859. The molecule has 1 heterocycles. The predicted octanol–water partition coefficient (Wildman–Crippen LogP) is 1.67. The lowest BCUT2D eigenvalue weighted by atomic mass is 10.2. The summed E-state index contributed by atoms with van der Waals surface area (Å²) in [5.74, 6) is -0.0525. The Morgan fingerprint density at radius 2 is 1.71 bits per heavy atom. The Morgan fingerprint density at radius 1 is 1.12 bits per heavy atom. The van der Waals surface area contributed by atoms with Crippen LogP contribution in [0, 0.1) is 10.1 Å². The van der Waals surface area contributed by atoms with Crippen molar-refractivity contribution in [1.82, 2.24) is 9.62 Å². The number of non-ortho nitro benzene ring substituents is 1. The van der Waals surface area contributed by atoms with Gasteiger partial charge >= 0.3 is 0 Å². The Balaban J connectivity index is 1.87. The molecule has 9 heteroatoms. The van der Waals surface area contributed by atoms with Crippen molar-refractivity contribution in [3.8, 4) is 0 Å². The van der Waals surface area contributed by atoms with Crippen molar-refractivity contribution < 1.29 is 18.1 Å². The lowest BCUT2D eigenvalue weighted by molar-refractivity contribution is -0.384. The zero-order valence-corrected chi connectivity index (χ0v) is 14.1. The number of likely N-dealkylation sites (tertiary alicyclic amines) is 1. The van der Waals surface area contributed by atoms with E-state index in [9.17, 15) is 23.3 Å². The van der Waals surface area contributed by atoms with Gasteiger partial charge in [-0.15, -0.1) is 0 Å². The van der Waals surface area contributed by atoms with Crippen molar-refractivity contribution in [1.29, 1.82) is 0 Å². The second kappa shape index (κ2) is 8.20. The van der Waals surface area contributed by atoms with E-state index in [0.29, 0.717) is 0 Å². The number of carbonyl (C=O) groups is 1. The van der Waals surface area contributed by atoms with Crippen LogP contribution in [0.25, 0.3) is 0 Å². The van der Waals surface area contributed by atoms with Crippen molar-refractivity contribution in [3.63, 3.8) is 0 Å². The van der Waals surface area contributed by atoms with Gasteiger partial charge in [0, 0.05) is 38.2 Å². The fraction of sp³-hybridized carbons (Fsp3) is 0.533. The lowest BCUT2D eigenvalue weighted by Crippen LogP contribution is -2.35. The third-order valence-electron chi connectivity index (χ3n) is 3.95. The number of amides is 1. The monoisotopic (exact) mass is 355 g/mol. The van der Waals surface area contributed by atoms with Gasteiger partial charge in [-0.05, 0) is 25.0 Å². The normalized spacial score (nSPS) is 15.8. The molecule has 1 amide bonds. The van der Waals surface area contributed by atoms with Crippen molar-refractivity contribution in [3.05, 3.63) is 34.4 Å². The summed E-state index contributed by atoms with van der Waals surface area (Å²) in [6, 6.07) is 4.63. The van der Waals surface area contributed by atoms with Crippen LogP contribution in [0.2, 0.25) is 0 Å². The van der Waals surface area contributed by atoms with E-state index in [1.807, 2.05) is 0 Å². The number of benzene rings is 1. The number of nitrogens with one attached hydrogen (secondary N) is 1. The molecule has 2 rings (SSSR count). The predicted molar refractivity (Wildman–Crippen MR) is 87.9 cm³/mol. The molecule has 0 spiro atoms. The summed E-state index contributed by atoms with van der Waals surface area (Å²) in [6.07, 6.45) is 4.32. The molecule has 1 aromatic carbocycles. The SMILES string of the molecule is O=C(CCNS(=O)(=O)c1ccc([N+](=O)[O-])cc1)N1CCCCCC1. The Kier molecular flexibility index (Phi) is 6.27. The standard InChI is InChI=1S/C15H21N3O5S/c19-15(17-11-3-1-2-4-12-17)9-10-16-24(22,23)14-7-5-13(6-8-14)18(20)21/h5-8,16H,1-4,9-12H2. The molecule has 0 atom stereocenters. The first kappa shape index (κ1) is 18.3. The van der Waals surface area contributed by atoms with Crippen LogP contribution in [0.5, 0.6) is 0 Å².